The van der Waals surface area contributed by atoms with Crippen molar-refractivity contribution in [1.82, 2.24) is 14.9 Å². The summed E-state index contributed by atoms with van der Waals surface area (Å²) in [6.07, 6.45) is 3.83. The maximum atomic E-state index is 14.1. The molecule has 206 valence electrons. The Morgan fingerprint density at radius 3 is 2.56 bits per heavy atom. The van der Waals surface area contributed by atoms with Crippen molar-refractivity contribution in [2.24, 2.45) is 17.6 Å². The molecule has 1 aromatic heterocycles. The SMILES string of the molecule is Cc1cccc(C)c1-c1cc2nc(n1)NSc1cccc(c1)C(=O)N(C1CC(CCN)C1)[C@H](CC(C)C)CO2. The Morgan fingerprint density at radius 1 is 1.10 bits per heavy atom. The average Bonchev–Trinajstić information content (AvgIpc) is 2.88. The first kappa shape index (κ1) is 27.5. The Morgan fingerprint density at radius 2 is 1.85 bits per heavy atom. The van der Waals surface area contributed by atoms with Crippen molar-refractivity contribution in [3.63, 3.8) is 0 Å². The molecule has 1 amide bonds. The number of amides is 1. The van der Waals surface area contributed by atoms with Gasteiger partial charge < -0.3 is 15.4 Å². The van der Waals surface area contributed by atoms with Gasteiger partial charge in [0.1, 0.15) is 6.61 Å². The maximum absolute atomic E-state index is 14.1. The van der Waals surface area contributed by atoms with E-state index in [1.807, 2.05) is 30.3 Å². The number of ether oxygens (including phenoxy) is 1. The third-order valence-electron chi connectivity index (χ3n) is 7.76. The van der Waals surface area contributed by atoms with Crippen LogP contribution in [0.15, 0.2) is 53.4 Å². The Hall–Kier alpha value is -3.10. The quantitative estimate of drug-likeness (QED) is 0.353. The molecule has 8 heteroatoms. The number of fused-ring (bicyclic) bond motifs is 4. The van der Waals surface area contributed by atoms with E-state index in [0.717, 1.165) is 53.0 Å². The lowest BCUT2D eigenvalue weighted by Crippen LogP contribution is -2.55. The molecule has 1 fully saturated rings. The van der Waals surface area contributed by atoms with Crippen LogP contribution in [-0.4, -0.2) is 46.0 Å². The lowest BCUT2D eigenvalue weighted by Gasteiger charge is -2.47. The number of aryl methyl sites for hydroxylation is 2. The Labute approximate surface area is 236 Å². The van der Waals surface area contributed by atoms with E-state index in [1.54, 1.807) is 0 Å². The van der Waals surface area contributed by atoms with Crippen molar-refractivity contribution < 1.29 is 9.53 Å². The van der Waals surface area contributed by atoms with Crippen LogP contribution in [0.2, 0.25) is 0 Å². The normalized spacial score (nSPS) is 21.2. The lowest BCUT2D eigenvalue weighted by atomic mass is 9.76. The molecule has 39 heavy (non-hydrogen) atoms. The topological polar surface area (TPSA) is 93.4 Å². The lowest BCUT2D eigenvalue weighted by molar-refractivity contribution is 0.0137. The van der Waals surface area contributed by atoms with Crippen molar-refractivity contribution in [2.45, 2.75) is 70.4 Å². The molecule has 1 aliphatic heterocycles. The van der Waals surface area contributed by atoms with Crippen molar-refractivity contribution in [1.29, 1.82) is 0 Å². The van der Waals surface area contributed by atoms with E-state index in [0.29, 0.717) is 42.4 Å². The van der Waals surface area contributed by atoms with Crippen molar-refractivity contribution in [3.05, 3.63) is 65.2 Å². The molecule has 0 spiro atoms. The number of carbonyl (C=O) groups excluding carboxylic acids is 1. The van der Waals surface area contributed by atoms with Crippen LogP contribution >= 0.6 is 11.9 Å². The van der Waals surface area contributed by atoms with Gasteiger partial charge >= 0.3 is 0 Å². The molecule has 4 bridgehead atoms. The first-order valence-corrected chi connectivity index (χ1v) is 14.8. The van der Waals surface area contributed by atoms with E-state index in [1.165, 1.54) is 11.9 Å². The van der Waals surface area contributed by atoms with E-state index in [4.69, 9.17) is 20.4 Å². The molecule has 5 rings (SSSR count). The highest BCUT2D eigenvalue weighted by Crippen LogP contribution is 2.38. The summed E-state index contributed by atoms with van der Waals surface area (Å²) in [4.78, 5) is 26.7. The van der Waals surface area contributed by atoms with Gasteiger partial charge in [0, 0.05) is 28.1 Å². The van der Waals surface area contributed by atoms with Crippen LogP contribution in [0.25, 0.3) is 11.3 Å². The van der Waals surface area contributed by atoms with Crippen LogP contribution in [0.1, 0.15) is 61.0 Å². The van der Waals surface area contributed by atoms with Crippen LogP contribution in [0, 0.1) is 25.7 Å². The molecule has 1 atom stereocenters. The number of nitrogens with zero attached hydrogens (tertiary/aromatic N) is 3. The zero-order valence-electron chi connectivity index (χ0n) is 23.3. The maximum Gasteiger partial charge on any atom is 0.254 e. The van der Waals surface area contributed by atoms with Crippen molar-refractivity contribution >= 4 is 23.8 Å². The minimum atomic E-state index is -0.0755. The fourth-order valence-corrected chi connectivity index (χ4v) is 6.49. The second-order valence-electron chi connectivity index (χ2n) is 11.3. The van der Waals surface area contributed by atoms with Gasteiger partial charge in [-0.25, -0.2) is 4.98 Å². The fourth-order valence-electron chi connectivity index (χ4n) is 5.85. The number of hydrogen-bond donors (Lipinski definition) is 2. The van der Waals surface area contributed by atoms with Crippen LogP contribution in [0.5, 0.6) is 5.88 Å². The molecule has 2 heterocycles. The molecular weight excluding hydrogens is 506 g/mol. The molecule has 2 aliphatic rings. The summed E-state index contributed by atoms with van der Waals surface area (Å²) in [7, 11) is 0. The third kappa shape index (κ3) is 6.23. The summed E-state index contributed by atoms with van der Waals surface area (Å²) in [5.41, 5.74) is 10.7. The van der Waals surface area contributed by atoms with Crippen LogP contribution in [0.4, 0.5) is 5.95 Å². The summed E-state index contributed by atoms with van der Waals surface area (Å²) >= 11 is 1.40. The highest BCUT2D eigenvalue weighted by Gasteiger charge is 2.40. The second kappa shape index (κ2) is 12.0. The zero-order valence-corrected chi connectivity index (χ0v) is 24.1. The highest BCUT2D eigenvalue weighted by atomic mass is 32.2. The van der Waals surface area contributed by atoms with Crippen molar-refractivity contribution in [2.75, 3.05) is 17.9 Å². The Kier molecular flexibility index (Phi) is 8.43. The first-order chi connectivity index (χ1) is 18.8. The number of aromatic nitrogens is 2. The van der Waals surface area contributed by atoms with Gasteiger partial charge in [-0.15, -0.1) is 0 Å². The minimum Gasteiger partial charge on any atom is -0.475 e. The largest absolute Gasteiger partial charge is 0.475 e. The third-order valence-corrected chi connectivity index (χ3v) is 8.53. The first-order valence-electron chi connectivity index (χ1n) is 14.0. The van der Waals surface area contributed by atoms with E-state index in [2.05, 4.69) is 55.5 Å². The average molecular weight is 546 g/mol. The smallest absolute Gasteiger partial charge is 0.254 e. The fraction of sp³-hybridized carbons (Fsp3) is 0.452. The van der Waals surface area contributed by atoms with Gasteiger partial charge in [-0.1, -0.05) is 38.1 Å². The van der Waals surface area contributed by atoms with E-state index >= 15 is 0 Å². The molecule has 7 nitrogen and oxygen atoms in total. The van der Waals surface area contributed by atoms with Gasteiger partial charge in [0.2, 0.25) is 11.8 Å². The summed E-state index contributed by atoms with van der Waals surface area (Å²) < 4.78 is 9.72. The summed E-state index contributed by atoms with van der Waals surface area (Å²) in [6, 6.07) is 16.1. The number of rotatable bonds is 6. The van der Waals surface area contributed by atoms with Crippen LogP contribution < -0.4 is 15.2 Å². The van der Waals surface area contributed by atoms with Gasteiger partial charge in [0.05, 0.1) is 11.7 Å². The molecular formula is C31H39N5O2S. The Balaban J connectivity index is 1.55. The molecule has 0 unspecified atom stereocenters. The van der Waals surface area contributed by atoms with E-state index in [-0.39, 0.29) is 18.0 Å². The Bertz CT molecular complexity index is 1300. The van der Waals surface area contributed by atoms with E-state index in [9.17, 15) is 4.79 Å². The van der Waals surface area contributed by atoms with Gasteiger partial charge in [-0.05, 0) is 99.2 Å². The molecule has 3 N–H and O–H groups in total. The zero-order chi connectivity index (χ0) is 27.5. The van der Waals surface area contributed by atoms with Gasteiger partial charge in [0.15, 0.2) is 0 Å². The second-order valence-corrected chi connectivity index (χ2v) is 12.2. The van der Waals surface area contributed by atoms with Gasteiger partial charge in [-0.3, -0.25) is 9.52 Å². The van der Waals surface area contributed by atoms with Gasteiger partial charge in [0.25, 0.3) is 5.91 Å². The van der Waals surface area contributed by atoms with Gasteiger partial charge in [-0.2, -0.15) is 4.98 Å². The number of carbonyl (C=O) groups is 1. The molecule has 2 aromatic carbocycles. The molecule has 0 radical (unpaired) electrons. The molecule has 1 saturated carbocycles. The number of anilines is 1. The molecule has 1 aliphatic carbocycles. The number of nitrogens with one attached hydrogen (secondary N) is 1. The number of hydrogen-bond acceptors (Lipinski definition) is 7. The summed E-state index contributed by atoms with van der Waals surface area (Å²) in [6.45, 7) is 9.65. The molecule has 0 saturated heterocycles. The number of nitrogens with two attached hydrogens (primary N) is 1. The number of benzene rings is 2. The van der Waals surface area contributed by atoms with Crippen LogP contribution in [-0.2, 0) is 0 Å². The molecule has 3 aromatic rings. The summed E-state index contributed by atoms with van der Waals surface area (Å²) in [5, 5.41) is 0. The predicted molar refractivity (Wildman–Crippen MR) is 158 cm³/mol. The minimum absolute atomic E-state index is 0.0659. The standard InChI is InChI=1S/C31H39N5O2S/c1-19(2)13-25-18-38-28-17-27(29-20(3)7-5-8-21(29)4)33-31(34-28)35-39-26-10-6-9-23(16-26)30(37)36(25)24-14-22(15-24)11-12-32/h5-10,16-17,19,22,24-25H,11-15,18,32H2,1-4H3,(H,33,34,35)/t22?,24?,25-/m1/s1. The highest BCUT2D eigenvalue weighted by molar-refractivity contribution is 8.00. The van der Waals surface area contributed by atoms with Crippen molar-refractivity contribution in [3.8, 4) is 17.1 Å². The summed E-state index contributed by atoms with van der Waals surface area (Å²) in [5.74, 6) is 2.03. The van der Waals surface area contributed by atoms with Crippen LogP contribution in [0.3, 0.4) is 0 Å². The predicted octanol–water partition coefficient (Wildman–Crippen LogP) is 6.26. The monoisotopic (exact) mass is 545 g/mol. The van der Waals surface area contributed by atoms with E-state index < -0.39 is 0 Å².